The molecule has 0 radical (unpaired) electrons. The Morgan fingerprint density at radius 3 is 2.53 bits per heavy atom. The van der Waals surface area contributed by atoms with Crippen molar-refractivity contribution in [1.82, 2.24) is 15.2 Å². The summed E-state index contributed by atoms with van der Waals surface area (Å²) in [5.74, 6) is -0.354. The van der Waals surface area contributed by atoms with Crippen molar-refractivity contribution >= 4 is 11.9 Å². The molecule has 0 spiro atoms. The van der Waals surface area contributed by atoms with Gasteiger partial charge in [-0.3, -0.25) is 9.69 Å². The molecule has 30 heavy (non-hydrogen) atoms. The number of hydrogen-bond donors (Lipinski definition) is 1. The molecule has 3 amide bonds. The standard InChI is InChI=1S/C23H22FN3O3/c1-4-23(16-6-8-17(24)9-7-16)21(28)27(22(29)26-23)12-18-13-30-20(25-18)19-10-5-14(2)11-15(19)3/h5-11,13H,4,12H2,1-3H3,(H,26,29)/t23-/m1/s1. The van der Waals surface area contributed by atoms with E-state index in [2.05, 4.69) is 10.3 Å². The molecule has 6 nitrogen and oxygen atoms in total. The molecule has 154 valence electrons. The minimum absolute atomic E-state index is 0.0119. The summed E-state index contributed by atoms with van der Waals surface area (Å²) in [6.45, 7) is 5.78. The summed E-state index contributed by atoms with van der Waals surface area (Å²) in [4.78, 5) is 31.4. The van der Waals surface area contributed by atoms with Crippen molar-refractivity contribution in [2.45, 2.75) is 39.3 Å². The van der Waals surface area contributed by atoms with Crippen molar-refractivity contribution in [2.24, 2.45) is 0 Å². The number of oxazole rings is 1. The molecule has 0 aliphatic carbocycles. The van der Waals surface area contributed by atoms with Crippen molar-refractivity contribution in [3.8, 4) is 11.5 Å². The fourth-order valence-electron chi connectivity index (χ4n) is 3.86. The summed E-state index contributed by atoms with van der Waals surface area (Å²) in [7, 11) is 0. The number of nitrogens with zero attached hydrogens (tertiary/aromatic N) is 2. The first-order chi connectivity index (χ1) is 14.3. The molecule has 1 saturated heterocycles. The molecule has 0 unspecified atom stereocenters. The van der Waals surface area contributed by atoms with Gasteiger partial charge >= 0.3 is 6.03 Å². The van der Waals surface area contributed by atoms with Crippen LogP contribution in [0.3, 0.4) is 0 Å². The van der Waals surface area contributed by atoms with Crippen LogP contribution in [0.5, 0.6) is 0 Å². The number of carbonyl (C=O) groups excluding carboxylic acids is 2. The number of carbonyl (C=O) groups is 2. The molecule has 7 heteroatoms. The van der Waals surface area contributed by atoms with Crippen LogP contribution < -0.4 is 5.32 Å². The molecule has 1 aliphatic heterocycles. The van der Waals surface area contributed by atoms with Crippen molar-refractivity contribution in [1.29, 1.82) is 0 Å². The molecule has 1 N–H and O–H groups in total. The number of rotatable bonds is 5. The van der Waals surface area contributed by atoms with Gasteiger partial charge in [-0.1, -0.05) is 36.8 Å². The summed E-state index contributed by atoms with van der Waals surface area (Å²) in [6, 6.07) is 11.0. The number of hydrogen-bond acceptors (Lipinski definition) is 4. The van der Waals surface area contributed by atoms with E-state index in [1.807, 2.05) is 32.0 Å². The van der Waals surface area contributed by atoms with Gasteiger partial charge in [-0.15, -0.1) is 0 Å². The first-order valence-electron chi connectivity index (χ1n) is 9.76. The van der Waals surface area contributed by atoms with Crippen LogP contribution in [0.25, 0.3) is 11.5 Å². The lowest BCUT2D eigenvalue weighted by atomic mass is 9.87. The third-order valence-corrected chi connectivity index (χ3v) is 5.53. The number of urea groups is 1. The molecule has 3 aromatic rings. The predicted octanol–water partition coefficient (Wildman–Crippen LogP) is 4.45. The minimum Gasteiger partial charge on any atom is -0.444 e. The van der Waals surface area contributed by atoms with Gasteiger partial charge in [-0.05, 0) is 49.6 Å². The zero-order valence-corrected chi connectivity index (χ0v) is 17.0. The van der Waals surface area contributed by atoms with E-state index in [-0.39, 0.29) is 6.54 Å². The van der Waals surface area contributed by atoms with Gasteiger partial charge in [-0.2, -0.15) is 0 Å². The Kier molecular flexibility index (Phi) is 4.89. The number of benzene rings is 2. The maximum Gasteiger partial charge on any atom is 0.325 e. The van der Waals surface area contributed by atoms with Crippen LogP contribution in [0.2, 0.25) is 0 Å². The lowest BCUT2D eigenvalue weighted by Crippen LogP contribution is -2.43. The van der Waals surface area contributed by atoms with E-state index >= 15 is 0 Å². The number of aromatic nitrogens is 1. The lowest BCUT2D eigenvalue weighted by Gasteiger charge is -2.25. The second kappa shape index (κ2) is 7.40. The highest BCUT2D eigenvalue weighted by atomic mass is 19.1. The molecule has 1 aliphatic rings. The molecule has 4 rings (SSSR count). The van der Waals surface area contributed by atoms with Crippen LogP contribution in [0, 0.1) is 19.7 Å². The molecule has 2 aromatic carbocycles. The second-order valence-corrected chi connectivity index (χ2v) is 7.55. The van der Waals surface area contributed by atoms with Crippen molar-refractivity contribution < 1.29 is 18.4 Å². The Labute approximate surface area is 173 Å². The predicted molar refractivity (Wildman–Crippen MR) is 109 cm³/mol. The molecule has 0 bridgehead atoms. The van der Waals surface area contributed by atoms with Crippen LogP contribution >= 0.6 is 0 Å². The Hall–Kier alpha value is -3.48. The third kappa shape index (κ3) is 3.26. The maximum atomic E-state index is 13.3. The van der Waals surface area contributed by atoms with Crippen LogP contribution in [-0.4, -0.2) is 21.8 Å². The van der Waals surface area contributed by atoms with E-state index in [1.165, 1.54) is 30.5 Å². The van der Waals surface area contributed by atoms with Gasteiger partial charge in [0, 0.05) is 5.56 Å². The van der Waals surface area contributed by atoms with E-state index in [9.17, 15) is 14.0 Å². The highest BCUT2D eigenvalue weighted by Crippen LogP contribution is 2.33. The van der Waals surface area contributed by atoms with Crippen molar-refractivity contribution in [3.05, 3.63) is 76.9 Å². The molecule has 2 heterocycles. The molecule has 1 fully saturated rings. The zero-order chi connectivity index (χ0) is 21.5. The van der Waals surface area contributed by atoms with Gasteiger partial charge in [-0.25, -0.2) is 14.2 Å². The van der Waals surface area contributed by atoms with E-state index in [0.717, 1.165) is 21.6 Å². The largest absolute Gasteiger partial charge is 0.444 e. The first-order valence-corrected chi connectivity index (χ1v) is 9.76. The number of nitrogens with one attached hydrogen (secondary N) is 1. The average Bonchev–Trinajstić information content (AvgIpc) is 3.27. The van der Waals surface area contributed by atoms with Gasteiger partial charge in [0.15, 0.2) is 0 Å². The highest BCUT2D eigenvalue weighted by molar-refractivity contribution is 6.07. The van der Waals surface area contributed by atoms with Crippen molar-refractivity contribution in [2.75, 3.05) is 0 Å². The summed E-state index contributed by atoms with van der Waals surface area (Å²) >= 11 is 0. The Balaban J connectivity index is 1.60. The first kappa shape index (κ1) is 19.8. The maximum absolute atomic E-state index is 13.3. The smallest absolute Gasteiger partial charge is 0.325 e. The van der Waals surface area contributed by atoms with E-state index in [1.54, 1.807) is 6.92 Å². The minimum atomic E-state index is -1.22. The fraction of sp³-hybridized carbons (Fsp3) is 0.261. The molecular formula is C23H22FN3O3. The highest BCUT2D eigenvalue weighted by Gasteiger charge is 2.51. The molecule has 1 aromatic heterocycles. The second-order valence-electron chi connectivity index (χ2n) is 7.55. The van der Waals surface area contributed by atoms with Crippen molar-refractivity contribution in [3.63, 3.8) is 0 Å². The summed E-state index contributed by atoms with van der Waals surface area (Å²) in [5.41, 5.74) is 2.82. The summed E-state index contributed by atoms with van der Waals surface area (Å²) in [5, 5.41) is 2.78. The Bertz CT molecular complexity index is 1120. The summed E-state index contributed by atoms with van der Waals surface area (Å²) in [6.07, 6.45) is 1.80. The Morgan fingerprint density at radius 1 is 1.13 bits per heavy atom. The van der Waals surface area contributed by atoms with Gasteiger partial charge < -0.3 is 9.73 Å². The monoisotopic (exact) mass is 407 g/mol. The lowest BCUT2D eigenvalue weighted by molar-refractivity contribution is -0.132. The fourth-order valence-corrected chi connectivity index (χ4v) is 3.86. The average molecular weight is 407 g/mol. The van der Waals surface area contributed by atoms with Gasteiger partial charge in [0.25, 0.3) is 5.91 Å². The number of imide groups is 1. The number of halogens is 1. The van der Waals surface area contributed by atoms with E-state index in [4.69, 9.17) is 4.42 Å². The molecule has 1 atom stereocenters. The van der Waals surface area contributed by atoms with Crippen LogP contribution in [0.4, 0.5) is 9.18 Å². The SMILES string of the molecule is CC[C@]1(c2ccc(F)cc2)NC(=O)N(Cc2coc(-c3ccc(C)cc3C)n2)C1=O. The normalized spacial score (nSPS) is 18.7. The van der Waals surface area contributed by atoms with E-state index in [0.29, 0.717) is 23.6 Å². The van der Waals surface area contributed by atoms with Crippen LogP contribution in [0.15, 0.2) is 53.1 Å². The van der Waals surface area contributed by atoms with Gasteiger partial charge in [0.1, 0.15) is 17.6 Å². The number of aryl methyl sites for hydroxylation is 2. The molecular weight excluding hydrogens is 385 g/mol. The van der Waals surface area contributed by atoms with Gasteiger partial charge in [0.05, 0.1) is 12.2 Å². The summed E-state index contributed by atoms with van der Waals surface area (Å²) < 4.78 is 18.9. The quantitative estimate of drug-likeness (QED) is 0.634. The third-order valence-electron chi connectivity index (χ3n) is 5.53. The van der Waals surface area contributed by atoms with E-state index < -0.39 is 23.3 Å². The Morgan fingerprint density at radius 2 is 1.87 bits per heavy atom. The van der Waals surface area contributed by atoms with Crippen LogP contribution in [0.1, 0.15) is 35.7 Å². The van der Waals surface area contributed by atoms with Gasteiger partial charge in [0.2, 0.25) is 5.89 Å². The zero-order valence-electron chi connectivity index (χ0n) is 17.0. The topological polar surface area (TPSA) is 75.4 Å². The van der Waals surface area contributed by atoms with Crippen LogP contribution in [-0.2, 0) is 16.9 Å². The molecule has 0 saturated carbocycles. The number of amides is 3.